The molecule has 9 nitrogen and oxygen atoms in total. The Morgan fingerprint density at radius 2 is 1.28 bits per heavy atom. The van der Waals surface area contributed by atoms with E-state index in [-0.39, 0.29) is 16.4 Å². The largest absolute Gasteiger partial charge is 0.493 e. The lowest BCUT2D eigenvalue weighted by atomic mass is 10.0. The molecule has 0 aliphatic heterocycles. The van der Waals surface area contributed by atoms with Crippen LogP contribution in [0.1, 0.15) is 16.7 Å². The van der Waals surface area contributed by atoms with E-state index in [2.05, 4.69) is 0 Å². The standard InChI is InChI=1S/C26H30O9S/c1-16-7-12-23(36(27,28)29)20(13-16)35-19-11-10-18(24(32-4)26(19)34-6)9-8-17-14-21(30-2)25(33-5)22(15-17)31-3/h7,10-15H,8-9H2,1-6H3,(H,27,28,29). The summed E-state index contributed by atoms with van der Waals surface area (Å²) in [6.45, 7) is 1.78. The molecular weight excluding hydrogens is 488 g/mol. The van der Waals surface area contributed by atoms with E-state index < -0.39 is 10.1 Å². The van der Waals surface area contributed by atoms with E-state index in [0.29, 0.717) is 41.6 Å². The van der Waals surface area contributed by atoms with E-state index in [1.165, 1.54) is 26.4 Å². The van der Waals surface area contributed by atoms with Gasteiger partial charge in [0, 0.05) is 0 Å². The smallest absolute Gasteiger partial charge is 0.298 e. The fraction of sp³-hybridized carbons (Fsp3) is 0.308. The van der Waals surface area contributed by atoms with Gasteiger partial charge < -0.3 is 28.4 Å². The van der Waals surface area contributed by atoms with Crippen LogP contribution in [0.4, 0.5) is 0 Å². The molecule has 3 rings (SSSR count). The zero-order chi connectivity index (χ0) is 26.5. The first-order valence-corrected chi connectivity index (χ1v) is 12.4. The second-order valence-electron chi connectivity index (χ2n) is 7.85. The number of benzene rings is 3. The molecule has 0 radical (unpaired) electrons. The fourth-order valence-corrected chi connectivity index (χ4v) is 4.46. The predicted molar refractivity (Wildman–Crippen MR) is 134 cm³/mol. The molecule has 0 unspecified atom stereocenters. The molecule has 0 bridgehead atoms. The Morgan fingerprint density at radius 3 is 1.81 bits per heavy atom. The minimum atomic E-state index is -4.50. The van der Waals surface area contributed by atoms with Gasteiger partial charge in [-0.15, -0.1) is 0 Å². The van der Waals surface area contributed by atoms with Crippen molar-refractivity contribution in [3.05, 3.63) is 59.2 Å². The number of rotatable bonds is 11. The maximum Gasteiger partial charge on any atom is 0.298 e. The molecule has 0 atom stereocenters. The molecule has 3 aromatic rings. The van der Waals surface area contributed by atoms with Crippen LogP contribution in [-0.2, 0) is 23.0 Å². The summed E-state index contributed by atoms with van der Waals surface area (Å²) in [7, 11) is 3.17. The normalized spacial score (nSPS) is 11.1. The molecule has 3 aromatic carbocycles. The van der Waals surface area contributed by atoms with Crippen molar-refractivity contribution in [3.8, 4) is 40.2 Å². The monoisotopic (exact) mass is 518 g/mol. The number of ether oxygens (including phenoxy) is 6. The van der Waals surface area contributed by atoms with Crippen molar-refractivity contribution < 1.29 is 41.4 Å². The Morgan fingerprint density at radius 1 is 0.667 bits per heavy atom. The summed E-state index contributed by atoms with van der Waals surface area (Å²) in [4.78, 5) is -0.347. The van der Waals surface area contributed by atoms with Crippen molar-refractivity contribution in [2.75, 3.05) is 35.5 Å². The lowest BCUT2D eigenvalue weighted by Crippen LogP contribution is -2.04. The van der Waals surface area contributed by atoms with E-state index in [0.717, 1.165) is 16.7 Å². The quantitative estimate of drug-likeness (QED) is 0.356. The van der Waals surface area contributed by atoms with Gasteiger partial charge in [0.15, 0.2) is 23.0 Å². The van der Waals surface area contributed by atoms with Gasteiger partial charge in [-0.3, -0.25) is 4.55 Å². The van der Waals surface area contributed by atoms with Crippen LogP contribution in [0.15, 0.2) is 47.4 Å². The zero-order valence-electron chi connectivity index (χ0n) is 21.1. The summed E-state index contributed by atoms with van der Waals surface area (Å²) >= 11 is 0. The summed E-state index contributed by atoms with van der Waals surface area (Å²) in [5.74, 6) is 2.60. The van der Waals surface area contributed by atoms with Crippen LogP contribution in [0.25, 0.3) is 0 Å². The molecule has 0 saturated carbocycles. The zero-order valence-corrected chi connectivity index (χ0v) is 21.9. The van der Waals surface area contributed by atoms with Crippen molar-refractivity contribution in [3.63, 3.8) is 0 Å². The molecular formula is C26H30O9S. The third-order valence-electron chi connectivity index (χ3n) is 5.57. The Kier molecular flexibility index (Phi) is 8.54. The average Bonchev–Trinajstić information content (AvgIpc) is 2.85. The van der Waals surface area contributed by atoms with Gasteiger partial charge in [-0.1, -0.05) is 12.1 Å². The first-order valence-electron chi connectivity index (χ1n) is 11.0. The SMILES string of the molecule is COc1cc(CCc2ccc(Oc3cc(C)ccc3S(=O)(=O)O)c(OC)c2OC)cc(OC)c1OC. The van der Waals surface area contributed by atoms with Gasteiger partial charge in [0.1, 0.15) is 10.6 Å². The van der Waals surface area contributed by atoms with E-state index in [9.17, 15) is 13.0 Å². The summed E-state index contributed by atoms with van der Waals surface area (Å²) < 4.78 is 66.6. The van der Waals surface area contributed by atoms with E-state index >= 15 is 0 Å². The van der Waals surface area contributed by atoms with Crippen LogP contribution in [0.2, 0.25) is 0 Å². The van der Waals surface area contributed by atoms with Gasteiger partial charge in [-0.05, 0) is 66.8 Å². The molecule has 0 aliphatic rings. The highest BCUT2D eigenvalue weighted by molar-refractivity contribution is 7.86. The van der Waals surface area contributed by atoms with Crippen molar-refractivity contribution >= 4 is 10.1 Å². The van der Waals surface area contributed by atoms with Gasteiger partial charge in [0.25, 0.3) is 10.1 Å². The Bertz CT molecular complexity index is 1310. The van der Waals surface area contributed by atoms with Crippen LogP contribution in [0.3, 0.4) is 0 Å². The topological polar surface area (TPSA) is 110 Å². The van der Waals surface area contributed by atoms with Crippen LogP contribution < -0.4 is 28.4 Å². The van der Waals surface area contributed by atoms with Crippen LogP contribution in [-0.4, -0.2) is 48.5 Å². The van der Waals surface area contributed by atoms with Gasteiger partial charge in [-0.25, -0.2) is 0 Å². The molecule has 0 saturated heterocycles. The second-order valence-corrected chi connectivity index (χ2v) is 9.24. The van der Waals surface area contributed by atoms with E-state index in [1.54, 1.807) is 40.4 Å². The molecule has 36 heavy (non-hydrogen) atoms. The van der Waals surface area contributed by atoms with Crippen LogP contribution in [0, 0.1) is 6.92 Å². The third kappa shape index (κ3) is 5.77. The summed E-state index contributed by atoms with van der Waals surface area (Å²) in [5.41, 5.74) is 2.56. The number of methoxy groups -OCH3 is 5. The highest BCUT2D eigenvalue weighted by Crippen LogP contribution is 2.44. The Labute approximate surface area is 211 Å². The predicted octanol–water partition coefficient (Wildman–Crippen LogP) is 4.86. The molecule has 0 spiro atoms. The van der Waals surface area contributed by atoms with Crippen molar-refractivity contribution in [2.24, 2.45) is 0 Å². The average molecular weight is 519 g/mol. The first-order chi connectivity index (χ1) is 17.2. The number of hydrogen-bond donors (Lipinski definition) is 1. The van der Waals surface area contributed by atoms with Crippen molar-refractivity contribution in [2.45, 2.75) is 24.7 Å². The number of hydrogen-bond acceptors (Lipinski definition) is 8. The van der Waals surface area contributed by atoms with Gasteiger partial charge in [0.05, 0.1) is 35.5 Å². The third-order valence-corrected chi connectivity index (χ3v) is 6.46. The first kappa shape index (κ1) is 27.0. The van der Waals surface area contributed by atoms with Crippen LogP contribution in [0.5, 0.6) is 40.2 Å². The van der Waals surface area contributed by atoms with Crippen molar-refractivity contribution in [1.29, 1.82) is 0 Å². The highest BCUT2D eigenvalue weighted by atomic mass is 32.2. The molecule has 194 valence electrons. The molecule has 1 N–H and O–H groups in total. The Balaban J connectivity index is 1.95. The second kappa shape index (κ2) is 11.4. The van der Waals surface area contributed by atoms with Crippen LogP contribution >= 0.6 is 0 Å². The molecule has 0 amide bonds. The molecule has 0 aliphatic carbocycles. The van der Waals surface area contributed by atoms with Gasteiger partial charge in [0.2, 0.25) is 11.5 Å². The fourth-order valence-electron chi connectivity index (χ4n) is 3.87. The number of aryl methyl sites for hydroxylation is 3. The maximum atomic E-state index is 11.8. The van der Waals surface area contributed by atoms with E-state index in [1.807, 2.05) is 18.2 Å². The van der Waals surface area contributed by atoms with E-state index in [4.69, 9.17) is 28.4 Å². The molecule has 10 heteroatoms. The van der Waals surface area contributed by atoms with Gasteiger partial charge >= 0.3 is 0 Å². The van der Waals surface area contributed by atoms with Crippen molar-refractivity contribution in [1.82, 2.24) is 0 Å². The Hall–Kier alpha value is -3.63. The maximum absolute atomic E-state index is 11.8. The van der Waals surface area contributed by atoms with Gasteiger partial charge in [-0.2, -0.15) is 8.42 Å². The highest BCUT2D eigenvalue weighted by Gasteiger charge is 2.22. The minimum Gasteiger partial charge on any atom is -0.493 e. The molecule has 0 fully saturated rings. The minimum absolute atomic E-state index is 0.0250. The lowest BCUT2D eigenvalue weighted by Gasteiger charge is -2.18. The summed E-state index contributed by atoms with van der Waals surface area (Å²) in [6.07, 6.45) is 1.21. The molecule has 0 aromatic heterocycles. The summed E-state index contributed by atoms with van der Waals surface area (Å²) in [5, 5.41) is 0. The summed E-state index contributed by atoms with van der Waals surface area (Å²) in [6, 6.07) is 11.6. The molecule has 0 heterocycles. The lowest BCUT2D eigenvalue weighted by molar-refractivity contribution is 0.323.